The zero-order valence-electron chi connectivity index (χ0n) is 8.96. The van der Waals surface area contributed by atoms with Crippen molar-refractivity contribution in [2.45, 2.75) is 25.2 Å². The van der Waals surface area contributed by atoms with E-state index >= 15 is 0 Å². The monoisotopic (exact) mass is 283 g/mol. The highest BCUT2D eigenvalue weighted by molar-refractivity contribution is 9.10. The summed E-state index contributed by atoms with van der Waals surface area (Å²) in [5.41, 5.74) is 0.704. The second kappa shape index (κ2) is 6.19. The Kier molecular flexibility index (Phi) is 5.21. The molecule has 0 aromatic heterocycles. The van der Waals surface area contributed by atoms with Crippen LogP contribution < -0.4 is 0 Å². The average molecular weight is 284 g/mol. The van der Waals surface area contributed by atoms with E-state index in [1.807, 2.05) is 30.0 Å². The van der Waals surface area contributed by atoms with E-state index in [4.69, 9.17) is 5.26 Å². The summed E-state index contributed by atoms with van der Waals surface area (Å²) in [5.74, 6) is 1.87. The van der Waals surface area contributed by atoms with E-state index in [1.165, 1.54) is 11.3 Å². The van der Waals surface area contributed by atoms with Crippen molar-refractivity contribution in [3.63, 3.8) is 0 Å². The Morgan fingerprint density at radius 3 is 2.73 bits per heavy atom. The largest absolute Gasteiger partial charge is 0.192 e. The van der Waals surface area contributed by atoms with Crippen LogP contribution in [0.5, 0.6) is 0 Å². The molecule has 0 aliphatic rings. The second-order valence-corrected chi connectivity index (χ2v) is 5.78. The zero-order chi connectivity index (χ0) is 11.3. The standard InChI is InChI=1S/C12H14BrNS/c1-9(2)5-6-15-12-4-3-10(8-14)7-11(12)13/h3-4,7,9H,5-6H2,1-2H3. The van der Waals surface area contributed by atoms with Gasteiger partial charge < -0.3 is 0 Å². The van der Waals surface area contributed by atoms with E-state index in [0.717, 1.165) is 16.1 Å². The van der Waals surface area contributed by atoms with Gasteiger partial charge in [0.1, 0.15) is 0 Å². The van der Waals surface area contributed by atoms with Crippen LogP contribution >= 0.6 is 27.7 Å². The van der Waals surface area contributed by atoms with Gasteiger partial charge in [0.2, 0.25) is 0 Å². The lowest BCUT2D eigenvalue weighted by Crippen LogP contribution is -1.89. The Bertz CT molecular complexity index is 368. The van der Waals surface area contributed by atoms with Crippen molar-refractivity contribution in [2.75, 3.05) is 5.75 Å². The number of hydrogen-bond donors (Lipinski definition) is 0. The molecule has 1 nitrogen and oxygen atoms in total. The third kappa shape index (κ3) is 4.27. The Balaban J connectivity index is 2.59. The first-order valence-corrected chi connectivity index (χ1v) is 6.73. The topological polar surface area (TPSA) is 23.8 Å². The van der Waals surface area contributed by atoms with Gasteiger partial charge in [-0.1, -0.05) is 13.8 Å². The molecule has 0 unspecified atom stereocenters. The SMILES string of the molecule is CC(C)CCSc1ccc(C#N)cc1Br. The summed E-state index contributed by atoms with van der Waals surface area (Å²) in [6, 6.07) is 7.87. The van der Waals surface area contributed by atoms with Crippen molar-refractivity contribution in [3.8, 4) is 6.07 Å². The molecule has 0 saturated heterocycles. The maximum Gasteiger partial charge on any atom is 0.0992 e. The van der Waals surface area contributed by atoms with Gasteiger partial charge in [-0.3, -0.25) is 0 Å². The van der Waals surface area contributed by atoms with Gasteiger partial charge in [-0.2, -0.15) is 5.26 Å². The number of hydrogen-bond acceptors (Lipinski definition) is 2. The first kappa shape index (κ1) is 12.6. The molecule has 0 aliphatic carbocycles. The molecule has 80 valence electrons. The first-order chi connectivity index (χ1) is 7.13. The predicted octanol–water partition coefficient (Wildman–Crippen LogP) is 4.46. The van der Waals surface area contributed by atoms with Crippen LogP contribution in [-0.4, -0.2) is 5.75 Å². The van der Waals surface area contributed by atoms with E-state index < -0.39 is 0 Å². The highest BCUT2D eigenvalue weighted by Gasteiger charge is 2.02. The molecule has 15 heavy (non-hydrogen) atoms. The van der Waals surface area contributed by atoms with Crippen molar-refractivity contribution in [1.82, 2.24) is 0 Å². The van der Waals surface area contributed by atoms with Gasteiger partial charge in [-0.25, -0.2) is 0 Å². The number of nitrogens with zero attached hydrogens (tertiary/aromatic N) is 1. The summed E-state index contributed by atoms with van der Waals surface area (Å²) in [4.78, 5) is 1.22. The summed E-state index contributed by atoms with van der Waals surface area (Å²) in [7, 11) is 0. The van der Waals surface area contributed by atoms with E-state index in [9.17, 15) is 0 Å². The lowest BCUT2D eigenvalue weighted by Gasteiger charge is -2.06. The molecule has 0 heterocycles. The van der Waals surface area contributed by atoms with Crippen molar-refractivity contribution in [2.24, 2.45) is 5.92 Å². The van der Waals surface area contributed by atoms with Crippen LogP contribution in [0.4, 0.5) is 0 Å². The highest BCUT2D eigenvalue weighted by atomic mass is 79.9. The van der Waals surface area contributed by atoms with Crippen molar-refractivity contribution in [3.05, 3.63) is 28.2 Å². The minimum Gasteiger partial charge on any atom is -0.192 e. The normalized spacial score (nSPS) is 10.3. The lowest BCUT2D eigenvalue weighted by molar-refractivity contribution is 0.632. The number of rotatable bonds is 4. The number of thioether (sulfide) groups is 1. The van der Waals surface area contributed by atoms with Crippen LogP contribution in [0.15, 0.2) is 27.6 Å². The second-order valence-electron chi connectivity index (χ2n) is 3.79. The number of nitriles is 1. The third-order valence-electron chi connectivity index (χ3n) is 2.01. The molecule has 0 fully saturated rings. The molecular weight excluding hydrogens is 270 g/mol. The summed E-state index contributed by atoms with van der Waals surface area (Å²) < 4.78 is 1.02. The van der Waals surface area contributed by atoms with E-state index in [1.54, 1.807) is 0 Å². The molecule has 3 heteroatoms. The van der Waals surface area contributed by atoms with Crippen molar-refractivity contribution >= 4 is 27.7 Å². The first-order valence-electron chi connectivity index (χ1n) is 4.96. The molecule has 0 saturated carbocycles. The minimum atomic E-state index is 0.704. The molecule has 1 aromatic rings. The molecule has 0 radical (unpaired) electrons. The Morgan fingerprint density at radius 1 is 1.47 bits per heavy atom. The number of benzene rings is 1. The van der Waals surface area contributed by atoms with Crippen molar-refractivity contribution < 1.29 is 0 Å². The molecule has 1 aromatic carbocycles. The number of halogens is 1. The lowest BCUT2D eigenvalue weighted by atomic mass is 10.2. The van der Waals surface area contributed by atoms with Crippen molar-refractivity contribution in [1.29, 1.82) is 5.26 Å². The van der Waals surface area contributed by atoms with E-state index in [0.29, 0.717) is 5.56 Å². The maximum absolute atomic E-state index is 8.72. The summed E-state index contributed by atoms with van der Waals surface area (Å²) in [6.07, 6.45) is 1.22. The van der Waals surface area contributed by atoms with Crippen LogP contribution in [0.1, 0.15) is 25.8 Å². The van der Waals surface area contributed by atoms with Gasteiger partial charge in [0, 0.05) is 9.37 Å². The smallest absolute Gasteiger partial charge is 0.0992 e. The third-order valence-corrected chi connectivity index (χ3v) is 4.04. The van der Waals surface area contributed by atoms with E-state index in [-0.39, 0.29) is 0 Å². The van der Waals surface area contributed by atoms with Crippen LogP contribution in [-0.2, 0) is 0 Å². The molecule has 0 aliphatic heterocycles. The molecule has 1 rings (SSSR count). The zero-order valence-corrected chi connectivity index (χ0v) is 11.4. The molecule has 0 spiro atoms. The van der Waals surface area contributed by atoms with E-state index in [2.05, 4.69) is 35.8 Å². The van der Waals surface area contributed by atoms with Gasteiger partial charge in [-0.15, -0.1) is 11.8 Å². The fraction of sp³-hybridized carbons (Fsp3) is 0.417. The fourth-order valence-electron chi connectivity index (χ4n) is 1.09. The van der Waals surface area contributed by atoms with Crippen LogP contribution in [0.2, 0.25) is 0 Å². The fourth-order valence-corrected chi connectivity index (χ4v) is 2.98. The van der Waals surface area contributed by atoms with Crippen LogP contribution in [0.3, 0.4) is 0 Å². The van der Waals surface area contributed by atoms with Gasteiger partial charge in [0.05, 0.1) is 11.6 Å². The van der Waals surface area contributed by atoms with Crippen LogP contribution in [0.25, 0.3) is 0 Å². The predicted molar refractivity (Wildman–Crippen MR) is 69.0 cm³/mol. The molecule has 0 bridgehead atoms. The highest BCUT2D eigenvalue weighted by Crippen LogP contribution is 2.29. The Labute approximate surface area is 104 Å². The Morgan fingerprint density at radius 2 is 2.20 bits per heavy atom. The van der Waals surface area contributed by atoms with Gasteiger partial charge >= 0.3 is 0 Å². The summed E-state index contributed by atoms with van der Waals surface area (Å²) >= 11 is 5.32. The Hall–Kier alpha value is -0.460. The summed E-state index contributed by atoms with van der Waals surface area (Å²) in [5, 5.41) is 8.72. The quantitative estimate of drug-likeness (QED) is 0.762. The van der Waals surface area contributed by atoms with Gasteiger partial charge in [0.15, 0.2) is 0 Å². The van der Waals surface area contributed by atoms with Crippen LogP contribution in [0, 0.1) is 17.2 Å². The molecule has 0 amide bonds. The summed E-state index contributed by atoms with van der Waals surface area (Å²) in [6.45, 7) is 4.46. The van der Waals surface area contributed by atoms with Gasteiger partial charge in [-0.05, 0) is 52.2 Å². The van der Waals surface area contributed by atoms with Gasteiger partial charge in [0.25, 0.3) is 0 Å². The molecule has 0 atom stereocenters. The minimum absolute atomic E-state index is 0.704. The molecular formula is C12H14BrNS. The molecule has 0 N–H and O–H groups in total. The maximum atomic E-state index is 8.72. The average Bonchev–Trinajstić information content (AvgIpc) is 2.20.